The van der Waals surface area contributed by atoms with Crippen LogP contribution in [0.5, 0.6) is 11.5 Å². The molecule has 0 aliphatic carbocycles. The Hall–Kier alpha value is -6.54. The van der Waals surface area contributed by atoms with Crippen molar-refractivity contribution in [1.82, 2.24) is 9.97 Å². The summed E-state index contributed by atoms with van der Waals surface area (Å²) in [5, 5.41) is 8.75. The van der Waals surface area contributed by atoms with Crippen molar-refractivity contribution in [3.63, 3.8) is 0 Å². The van der Waals surface area contributed by atoms with Gasteiger partial charge in [-0.2, -0.15) is 0 Å². The second-order valence-corrected chi connectivity index (χ2v) is 13.1. The number of fused-ring (bicyclic) bond motifs is 2. The fraction of sp³-hybridized carbons (Fsp3) is 0. The van der Waals surface area contributed by atoms with E-state index in [-0.39, 0.29) is 11.8 Å². The van der Waals surface area contributed by atoms with Gasteiger partial charge in [0.15, 0.2) is 0 Å². The summed E-state index contributed by atoms with van der Waals surface area (Å²) in [6.45, 7) is 0. The van der Waals surface area contributed by atoms with Crippen molar-refractivity contribution < 1.29 is 14.3 Å². The molecule has 0 atom stereocenters. The third kappa shape index (κ3) is 7.44. The highest BCUT2D eigenvalue weighted by Gasteiger charge is 2.16. The molecule has 2 aromatic heterocycles. The third-order valence-electron chi connectivity index (χ3n) is 8.66. The Kier molecular flexibility index (Phi) is 9.25. The average Bonchev–Trinajstić information content (AvgIpc) is 3.19. The maximum absolute atomic E-state index is 13.6. The molecule has 0 spiro atoms. The molecular formula is C44H28Cl2N4O3. The lowest BCUT2D eigenvalue weighted by Gasteiger charge is -2.12. The number of carbonyl (C=O) groups is 2. The van der Waals surface area contributed by atoms with Crippen molar-refractivity contribution in [2.45, 2.75) is 0 Å². The van der Waals surface area contributed by atoms with Crippen LogP contribution >= 0.6 is 23.2 Å². The van der Waals surface area contributed by atoms with E-state index < -0.39 is 0 Å². The molecule has 0 unspecified atom stereocenters. The number of benzene rings is 6. The van der Waals surface area contributed by atoms with Crippen molar-refractivity contribution in [2.24, 2.45) is 0 Å². The lowest BCUT2D eigenvalue weighted by atomic mass is 10.0. The monoisotopic (exact) mass is 730 g/mol. The van der Waals surface area contributed by atoms with E-state index in [1.165, 1.54) is 0 Å². The summed E-state index contributed by atoms with van der Waals surface area (Å²) >= 11 is 12.2. The summed E-state index contributed by atoms with van der Waals surface area (Å²) in [6.07, 6.45) is 0. The first-order valence-corrected chi connectivity index (χ1v) is 17.4. The average molecular weight is 732 g/mol. The van der Waals surface area contributed by atoms with E-state index in [0.29, 0.717) is 66.5 Å². The van der Waals surface area contributed by atoms with Gasteiger partial charge in [-0.1, -0.05) is 83.9 Å². The Balaban J connectivity index is 0.947. The molecule has 0 aliphatic heterocycles. The van der Waals surface area contributed by atoms with Gasteiger partial charge in [0.2, 0.25) is 0 Å². The molecule has 8 aromatic rings. The van der Waals surface area contributed by atoms with E-state index in [9.17, 15) is 9.59 Å². The minimum absolute atomic E-state index is 0.258. The summed E-state index contributed by atoms with van der Waals surface area (Å²) in [4.78, 5) is 36.7. The highest BCUT2D eigenvalue weighted by atomic mass is 35.5. The second kappa shape index (κ2) is 14.6. The fourth-order valence-electron chi connectivity index (χ4n) is 6.01. The van der Waals surface area contributed by atoms with E-state index in [4.69, 9.17) is 37.9 Å². The summed E-state index contributed by atoms with van der Waals surface area (Å²) < 4.78 is 6.07. The van der Waals surface area contributed by atoms with Crippen LogP contribution in [0.3, 0.4) is 0 Å². The van der Waals surface area contributed by atoms with Gasteiger partial charge < -0.3 is 15.4 Å². The molecule has 0 fully saturated rings. The second-order valence-electron chi connectivity index (χ2n) is 12.2. The Bertz CT molecular complexity index is 2440. The lowest BCUT2D eigenvalue weighted by Crippen LogP contribution is -2.13. The van der Waals surface area contributed by atoms with Crippen molar-refractivity contribution in [3.8, 4) is 34.0 Å². The van der Waals surface area contributed by atoms with Gasteiger partial charge in [-0.05, 0) is 97.1 Å². The zero-order valence-corrected chi connectivity index (χ0v) is 29.4. The maximum Gasteiger partial charge on any atom is 0.256 e. The molecule has 2 N–H and O–H groups in total. The molecular weight excluding hydrogens is 703 g/mol. The minimum atomic E-state index is -0.258. The van der Waals surface area contributed by atoms with Gasteiger partial charge in [0.25, 0.3) is 11.8 Å². The number of amides is 2. The number of anilines is 2. The predicted molar refractivity (Wildman–Crippen MR) is 213 cm³/mol. The first kappa shape index (κ1) is 33.6. The van der Waals surface area contributed by atoms with Crippen molar-refractivity contribution >= 4 is 68.2 Å². The molecule has 53 heavy (non-hydrogen) atoms. The molecule has 0 aliphatic rings. The molecule has 256 valence electrons. The van der Waals surface area contributed by atoms with E-state index in [1.807, 2.05) is 72.8 Å². The van der Waals surface area contributed by atoms with Gasteiger partial charge in [-0.3, -0.25) is 9.59 Å². The number of rotatable bonds is 8. The highest BCUT2D eigenvalue weighted by molar-refractivity contribution is 6.31. The zero-order chi connectivity index (χ0) is 36.3. The largest absolute Gasteiger partial charge is 0.457 e. The molecule has 0 saturated carbocycles. The first-order valence-electron chi connectivity index (χ1n) is 16.7. The number of hydrogen-bond donors (Lipinski definition) is 2. The van der Waals surface area contributed by atoms with Crippen LogP contribution in [0.1, 0.15) is 20.7 Å². The number of hydrogen-bond acceptors (Lipinski definition) is 5. The Labute approximate surface area is 314 Å². The van der Waals surface area contributed by atoms with Gasteiger partial charge >= 0.3 is 0 Å². The Morgan fingerprint density at radius 2 is 0.849 bits per heavy atom. The van der Waals surface area contributed by atoms with Crippen molar-refractivity contribution in [3.05, 3.63) is 179 Å². The molecule has 9 heteroatoms. The third-order valence-corrected chi connectivity index (χ3v) is 9.17. The topological polar surface area (TPSA) is 93.2 Å². The SMILES string of the molecule is O=C(Nc1ccc(Oc2ccc(NC(=O)c3cc(-c4ccc(Cl)cc4)nc4ccccc34)cc2)cc1)c1cc(-c2ccc(Cl)cc2)nc2ccccc12. The van der Waals surface area contributed by atoms with Crippen LogP contribution < -0.4 is 15.4 Å². The highest BCUT2D eigenvalue weighted by Crippen LogP contribution is 2.30. The van der Waals surface area contributed by atoms with Crippen LogP contribution in [0.4, 0.5) is 11.4 Å². The molecule has 0 radical (unpaired) electrons. The van der Waals surface area contributed by atoms with Crippen LogP contribution in [0.2, 0.25) is 10.0 Å². The molecule has 7 nitrogen and oxygen atoms in total. The van der Waals surface area contributed by atoms with E-state index in [0.717, 1.165) is 21.9 Å². The standard InChI is InChI=1S/C44H28Cl2N4O3/c45-29-13-9-27(10-14-29)41-25-37(35-5-1-3-7-39(35)49-41)43(51)47-31-17-21-33(22-18-31)53-34-23-19-32(20-24-34)48-44(52)38-26-42(28-11-15-30(46)16-12-28)50-40-8-4-2-6-36(38)40/h1-26H,(H,47,51)(H,48,52). The van der Waals surface area contributed by atoms with Crippen LogP contribution in [0, 0.1) is 0 Å². The Morgan fingerprint density at radius 1 is 0.472 bits per heavy atom. The van der Waals surface area contributed by atoms with Crippen LogP contribution in [-0.2, 0) is 0 Å². The smallest absolute Gasteiger partial charge is 0.256 e. The fourth-order valence-corrected chi connectivity index (χ4v) is 6.26. The van der Waals surface area contributed by atoms with Gasteiger partial charge in [0.05, 0.1) is 33.5 Å². The van der Waals surface area contributed by atoms with Gasteiger partial charge in [-0.15, -0.1) is 0 Å². The predicted octanol–water partition coefficient (Wildman–Crippen LogP) is 11.7. The van der Waals surface area contributed by atoms with E-state index in [1.54, 1.807) is 84.9 Å². The number of nitrogens with zero attached hydrogens (tertiary/aromatic N) is 2. The molecule has 8 rings (SSSR count). The van der Waals surface area contributed by atoms with Crippen molar-refractivity contribution in [1.29, 1.82) is 0 Å². The maximum atomic E-state index is 13.6. The zero-order valence-electron chi connectivity index (χ0n) is 27.9. The number of halogens is 2. The summed E-state index contributed by atoms with van der Waals surface area (Å²) in [6, 6.07) is 47.7. The van der Waals surface area contributed by atoms with Crippen LogP contribution in [0.15, 0.2) is 158 Å². The van der Waals surface area contributed by atoms with Gasteiger partial charge in [0.1, 0.15) is 11.5 Å². The number of pyridine rings is 2. The number of para-hydroxylation sites is 2. The number of aromatic nitrogens is 2. The summed E-state index contributed by atoms with van der Waals surface area (Å²) in [5.74, 6) is 0.645. The molecule has 2 heterocycles. The van der Waals surface area contributed by atoms with E-state index >= 15 is 0 Å². The van der Waals surface area contributed by atoms with E-state index in [2.05, 4.69) is 10.6 Å². The van der Waals surface area contributed by atoms with Crippen LogP contribution in [0.25, 0.3) is 44.3 Å². The first-order chi connectivity index (χ1) is 25.9. The number of ether oxygens (including phenoxy) is 1. The molecule has 0 bridgehead atoms. The number of carbonyl (C=O) groups excluding carboxylic acids is 2. The summed E-state index contributed by atoms with van der Waals surface area (Å²) in [5.41, 5.74) is 6.73. The molecule has 6 aromatic carbocycles. The van der Waals surface area contributed by atoms with Crippen LogP contribution in [-0.4, -0.2) is 21.8 Å². The quantitative estimate of drug-likeness (QED) is 0.162. The summed E-state index contributed by atoms with van der Waals surface area (Å²) in [7, 11) is 0. The van der Waals surface area contributed by atoms with Gasteiger partial charge in [-0.25, -0.2) is 9.97 Å². The van der Waals surface area contributed by atoms with Crippen molar-refractivity contribution in [2.75, 3.05) is 10.6 Å². The lowest BCUT2D eigenvalue weighted by molar-refractivity contribution is 0.102. The minimum Gasteiger partial charge on any atom is -0.457 e. The Morgan fingerprint density at radius 3 is 1.25 bits per heavy atom. The normalized spacial score (nSPS) is 11.0. The number of nitrogens with one attached hydrogen (secondary N) is 2. The van der Waals surface area contributed by atoms with Gasteiger partial charge in [0, 0.05) is 43.3 Å². The molecule has 0 saturated heterocycles. The molecule has 2 amide bonds.